The number of carbonyl (C=O) groups is 1. The quantitative estimate of drug-likeness (QED) is 0.355. The first-order chi connectivity index (χ1) is 17.4. The molecule has 6 nitrogen and oxygen atoms in total. The van der Waals surface area contributed by atoms with Crippen LogP contribution in [0.15, 0.2) is 42.6 Å². The summed E-state index contributed by atoms with van der Waals surface area (Å²) < 4.78 is 2.41. The summed E-state index contributed by atoms with van der Waals surface area (Å²) in [5.41, 5.74) is 4.12. The number of aromatic nitrogens is 4. The fourth-order valence-electron chi connectivity index (χ4n) is 5.79. The third-order valence-electron chi connectivity index (χ3n) is 7.70. The molecule has 3 aromatic rings. The smallest absolute Gasteiger partial charge is 0.225 e. The maximum Gasteiger partial charge on any atom is 0.225 e. The molecule has 1 unspecified atom stereocenters. The van der Waals surface area contributed by atoms with E-state index in [1.165, 1.54) is 37.7 Å². The maximum atomic E-state index is 13.3. The first-order valence-corrected chi connectivity index (χ1v) is 13.6. The summed E-state index contributed by atoms with van der Waals surface area (Å²) in [6.45, 7) is 8.72. The van der Waals surface area contributed by atoms with Crippen LogP contribution in [-0.2, 0) is 11.2 Å². The summed E-state index contributed by atoms with van der Waals surface area (Å²) in [6.07, 6.45) is 8.91. The zero-order chi connectivity index (χ0) is 25.2. The Labute approximate surface area is 214 Å². The van der Waals surface area contributed by atoms with E-state index in [0.29, 0.717) is 24.8 Å². The monoisotopic (exact) mass is 485 g/mol. The van der Waals surface area contributed by atoms with Gasteiger partial charge in [0.2, 0.25) is 5.91 Å². The highest BCUT2D eigenvalue weighted by Gasteiger charge is 2.39. The Hall–Kier alpha value is -3.02. The van der Waals surface area contributed by atoms with Gasteiger partial charge in [-0.1, -0.05) is 37.6 Å². The van der Waals surface area contributed by atoms with Gasteiger partial charge in [0.1, 0.15) is 11.6 Å². The molecule has 0 aliphatic heterocycles. The Morgan fingerprint density at radius 3 is 2.58 bits per heavy atom. The van der Waals surface area contributed by atoms with Crippen molar-refractivity contribution in [3.8, 4) is 0 Å². The molecule has 36 heavy (non-hydrogen) atoms. The van der Waals surface area contributed by atoms with E-state index in [2.05, 4.69) is 41.7 Å². The van der Waals surface area contributed by atoms with E-state index in [1.807, 2.05) is 43.5 Å². The number of rotatable bonds is 10. The molecule has 6 heteroatoms. The van der Waals surface area contributed by atoms with Crippen molar-refractivity contribution in [1.82, 2.24) is 19.7 Å². The van der Waals surface area contributed by atoms with Crippen LogP contribution in [0.2, 0.25) is 0 Å². The van der Waals surface area contributed by atoms with Crippen LogP contribution < -0.4 is 5.32 Å². The van der Waals surface area contributed by atoms with Crippen molar-refractivity contribution < 1.29 is 4.79 Å². The lowest BCUT2D eigenvalue weighted by Crippen LogP contribution is -2.27. The molecule has 0 saturated heterocycles. The van der Waals surface area contributed by atoms with Crippen LogP contribution in [0.4, 0.5) is 5.69 Å². The van der Waals surface area contributed by atoms with E-state index in [-0.39, 0.29) is 11.8 Å². The normalized spacial score (nSPS) is 20.2. The number of aryl methyl sites for hydroxylation is 2. The van der Waals surface area contributed by atoms with Gasteiger partial charge in [0, 0.05) is 48.3 Å². The Kier molecular flexibility index (Phi) is 7.22. The van der Waals surface area contributed by atoms with Crippen LogP contribution in [0.1, 0.15) is 98.7 Å². The van der Waals surface area contributed by atoms with Crippen molar-refractivity contribution in [2.45, 2.75) is 90.5 Å². The van der Waals surface area contributed by atoms with Gasteiger partial charge in [0.25, 0.3) is 0 Å². The van der Waals surface area contributed by atoms with Crippen LogP contribution in [0.5, 0.6) is 0 Å². The summed E-state index contributed by atoms with van der Waals surface area (Å²) in [5.74, 6) is 4.08. The van der Waals surface area contributed by atoms with E-state index >= 15 is 0 Å². The largest absolute Gasteiger partial charge is 0.326 e. The second-order valence-corrected chi connectivity index (χ2v) is 11.5. The number of hydrogen-bond donors (Lipinski definition) is 1. The van der Waals surface area contributed by atoms with Crippen molar-refractivity contribution in [3.63, 3.8) is 0 Å². The van der Waals surface area contributed by atoms with Crippen molar-refractivity contribution in [3.05, 3.63) is 71.1 Å². The SMILES string of the molecule is Cc1ccc(NC(=O)CC(Cc2ccccn2)c2nnc([C@H]3C[C@@H](CC(C)C)C3)n2C2CC2)c(C)c1. The highest BCUT2D eigenvalue weighted by atomic mass is 16.1. The molecule has 1 amide bonds. The number of hydrogen-bond acceptors (Lipinski definition) is 4. The van der Waals surface area contributed by atoms with Gasteiger partial charge < -0.3 is 9.88 Å². The fraction of sp³-hybridized carbons (Fsp3) is 0.533. The van der Waals surface area contributed by atoms with Crippen LogP contribution >= 0.6 is 0 Å². The minimum atomic E-state index is -0.0703. The molecule has 2 aliphatic carbocycles. The van der Waals surface area contributed by atoms with E-state index in [9.17, 15) is 4.79 Å². The maximum absolute atomic E-state index is 13.3. The van der Waals surface area contributed by atoms with Crippen molar-refractivity contribution in [2.75, 3.05) is 5.32 Å². The van der Waals surface area contributed by atoms with E-state index in [0.717, 1.165) is 40.4 Å². The Morgan fingerprint density at radius 1 is 1.11 bits per heavy atom. The summed E-state index contributed by atoms with van der Waals surface area (Å²) in [4.78, 5) is 17.9. The van der Waals surface area contributed by atoms with Gasteiger partial charge in [-0.2, -0.15) is 0 Å². The predicted octanol–water partition coefficient (Wildman–Crippen LogP) is 6.52. The number of amides is 1. The Morgan fingerprint density at radius 2 is 1.92 bits per heavy atom. The number of carbonyl (C=O) groups excluding carboxylic acids is 1. The topological polar surface area (TPSA) is 72.7 Å². The minimum Gasteiger partial charge on any atom is -0.326 e. The van der Waals surface area contributed by atoms with Gasteiger partial charge in [0.05, 0.1) is 0 Å². The van der Waals surface area contributed by atoms with Crippen LogP contribution in [0.25, 0.3) is 0 Å². The van der Waals surface area contributed by atoms with Gasteiger partial charge in [-0.05, 0) is 81.5 Å². The van der Waals surface area contributed by atoms with Crippen molar-refractivity contribution in [1.29, 1.82) is 0 Å². The standard InChI is InChI=1S/C30H39N5O/c1-19(2)13-22-15-23(16-22)29-33-34-30(35(29)26-9-10-26)24(17-25-7-5-6-12-31-25)18-28(36)32-27-11-8-20(3)14-21(27)4/h5-8,11-12,14,19,22-24,26H,9-10,13,15-18H2,1-4H3,(H,32,36)/t22-,23+,24?. The molecule has 2 heterocycles. The van der Waals surface area contributed by atoms with Crippen LogP contribution in [0.3, 0.4) is 0 Å². The summed E-state index contributed by atoms with van der Waals surface area (Å²) >= 11 is 0. The lowest BCUT2D eigenvalue weighted by molar-refractivity contribution is -0.116. The van der Waals surface area contributed by atoms with Gasteiger partial charge in [-0.15, -0.1) is 10.2 Å². The Balaban J connectivity index is 1.38. The zero-order valence-corrected chi connectivity index (χ0v) is 22.1. The molecule has 2 aliphatic rings. The summed E-state index contributed by atoms with van der Waals surface area (Å²) in [6, 6.07) is 12.6. The first kappa shape index (κ1) is 24.7. The molecule has 1 atom stereocenters. The number of pyridine rings is 1. The third kappa shape index (κ3) is 5.69. The molecular formula is C30H39N5O. The van der Waals surface area contributed by atoms with Gasteiger partial charge >= 0.3 is 0 Å². The molecule has 190 valence electrons. The zero-order valence-electron chi connectivity index (χ0n) is 22.1. The molecule has 2 aromatic heterocycles. The highest BCUT2D eigenvalue weighted by Crippen LogP contribution is 2.48. The summed E-state index contributed by atoms with van der Waals surface area (Å²) in [5, 5.41) is 12.7. The molecule has 0 spiro atoms. The molecule has 2 fully saturated rings. The molecule has 0 bridgehead atoms. The first-order valence-electron chi connectivity index (χ1n) is 13.6. The third-order valence-corrected chi connectivity index (χ3v) is 7.70. The average molecular weight is 486 g/mol. The molecular weight excluding hydrogens is 446 g/mol. The van der Waals surface area contributed by atoms with Crippen LogP contribution in [0, 0.1) is 25.7 Å². The van der Waals surface area contributed by atoms with Crippen LogP contribution in [-0.4, -0.2) is 25.7 Å². The molecule has 1 N–H and O–H groups in total. The van der Waals surface area contributed by atoms with Crippen molar-refractivity contribution >= 4 is 11.6 Å². The predicted molar refractivity (Wildman–Crippen MR) is 143 cm³/mol. The lowest BCUT2D eigenvalue weighted by atomic mass is 9.71. The molecule has 1 aromatic carbocycles. The summed E-state index contributed by atoms with van der Waals surface area (Å²) in [7, 11) is 0. The average Bonchev–Trinajstić information content (AvgIpc) is 3.56. The number of nitrogens with zero attached hydrogens (tertiary/aromatic N) is 4. The molecule has 5 rings (SSSR count). The van der Waals surface area contributed by atoms with Gasteiger partial charge in [-0.25, -0.2) is 0 Å². The number of anilines is 1. The van der Waals surface area contributed by atoms with E-state index in [1.54, 1.807) is 0 Å². The minimum absolute atomic E-state index is 0.00965. The second-order valence-electron chi connectivity index (χ2n) is 11.5. The van der Waals surface area contributed by atoms with Gasteiger partial charge in [0.15, 0.2) is 0 Å². The second kappa shape index (κ2) is 10.5. The number of nitrogens with one attached hydrogen (secondary N) is 1. The Bertz CT molecular complexity index is 1190. The fourth-order valence-corrected chi connectivity index (χ4v) is 5.79. The number of benzene rings is 1. The lowest BCUT2D eigenvalue weighted by Gasteiger charge is -2.36. The van der Waals surface area contributed by atoms with E-state index in [4.69, 9.17) is 10.2 Å². The van der Waals surface area contributed by atoms with Gasteiger partial charge in [-0.3, -0.25) is 9.78 Å². The molecule has 0 radical (unpaired) electrons. The molecule has 2 saturated carbocycles. The van der Waals surface area contributed by atoms with E-state index < -0.39 is 0 Å². The van der Waals surface area contributed by atoms with Crippen molar-refractivity contribution in [2.24, 2.45) is 11.8 Å². The highest BCUT2D eigenvalue weighted by molar-refractivity contribution is 5.92.